The third-order valence-corrected chi connectivity index (χ3v) is 2.63. The van der Waals surface area contributed by atoms with Gasteiger partial charge in [0.15, 0.2) is 0 Å². The Hall–Kier alpha value is -1.76. The van der Waals surface area contributed by atoms with Crippen LogP contribution in [0.4, 0.5) is 13.2 Å². The number of amides is 1. The summed E-state index contributed by atoms with van der Waals surface area (Å²) in [5, 5.41) is 2.51. The van der Waals surface area contributed by atoms with Gasteiger partial charge >= 0.3 is 6.18 Å². The van der Waals surface area contributed by atoms with Crippen LogP contribution in [0.2, 0.25) is 0 Å². The molecule has 21 heavy (non-hydrogen) atoms. The van der Waals surface area contributed by atoms with Gasteiger partial charge in [0.05, 0.1) is 13.7 Å². The first-order valence-corrected chi connectivity index (χ1v) is 6.45. The first-order valence-electron chi connectivity index (χ1n) is 6.45. The molecule has 0 aliphatic heterocycles. The quantitative estimate of drug-likeness (QED) is 0.750. The number of methoxy groups -OCH3 is 1. The summed E-state index contributed by atoms with van der Waals surface area (Å²) in [4.78, 5) is 11.5. The number of nitrogens with one attached hydrogen (secondary N) is 1. The molecular formula is C14H18F3NO3. The van der Waals surface area contributed by atoms with Crippen molar-refractivity contribution in [1.82, 2.24) is 5.32 Å². The molecule has 0 saturated carbocycles. The molecule has 0 bridgehead atoms. The number of hydrogen-bond acceptors (Lipinski definition) is 3. The van der Waals surface area contributed by atoms with Crippen LogP contribution >= 0.6 is 0 Å². The normalized spacial score (nSPS) is 11.2. The van der Waals surface area contributed by atoms with Gasteiger partial charge in [0, 0.05) is 13.0 Å². The zero-order valence-electron chi connectivity index (χ0n) is 11.7. The van der Waals surface area contributed by atoms with Gasteiger partial charge in [-0.3, -0.25) is 4.79 Å². The molecule has 0 saturated heterocycles. The van der Waals surface area contributed by atoms with Crippen molar-refractivity contribution in [1.29, 1.82) is 0 Å². The number of halogens is 3. The summed E-state index contributed by atoms with van der Waals surface area (Å²) in [6.07, 6.45) is -3.51. The summed E-state index contributed by atoms with van der Waals surface area (Å²) in [5.41, 5.74) is 0.985. The molecule has 118 valence electrons. The van der Waals surface area contributed by atoms with E-state index in [9.17, 15) is 18.0 Å². The van der Waals surface area contributed by atoms with Crippen LogP contribution in [0.15, 0.2) is 24.3 Å². The van der Waals surface area contributed by atoms with E-state index in [1.54, 1.807) is 19.2 Å². The minimum atomic E-state index is -4.33. The van der Waals surface area contributed by atoms with Gasteiger partial charge in [0.1, 0.15) is 12.4 Å². The lowest BCUT2D eigenvalue weighted by Gasteiger charge is -2.08. The smallest absolute Gasteiger partial charge is 0.411 e. The minimum absolute atomic E-state index is 0.0670. The van der Waals surface area contributed by atoms with E-state index < -0.39 is 12.8 Å². The molecule has 0 fully saturated rings. The molecule has 0 spiro atoms. The Balaban J connectivity index is 2.13. The summed E-state index contributed by atoms with van der Waals surface area (Å²) in [6, 6.07) is 7.33. The Kier molecular flexibility index (Phi) is 7.01. The van der Waals surface area contributed by atoms with Crippen molar-refractivity contribution in [3.8, 4) is 5.75 Å². The number of benzene rings is 1. The van der Waals surface area contributed by atoms with Crippen LogP contribution in [0.1, 0.15) is 12.0 Å². The highest BCUT2D eigenvalue weighted by molar-refractivity contribution is 5.76. The molecule has 1 aromatic rings. The van der Waals surface area contributed by atoms with Gasteiger partial charge in [-0.15, -0.1) is 0 Å². The maximum atomic E-state index is 11.8. The first kappa shape index (κ1) is 17.3. The van der Waals surface area contributed by atoms with E-state index >= 15 is 0 Å². The Morgan fingerprint density at radius 2 is 1.90 bits per heavy atom. The van der Waals surface area contributed by atoms with E-state index in [2.05, 4.69) is 10.1 Å². The first-order chi connectivity index (χ1) is 9.90. The van der Waals surface area contributed by atoms with Gasteiger partial charge in [-0.05, 0) is 24.1 Å². The number of carbonyl (C=O) groups excluding carboxylic acids is 1. The van der Waals surface area contributed by atoms with E-state index in [4.69, 9.17) is 4.74 Å². The molecule has 0 aliphatic carbocycles. The fourth-order valence-electron chi connectivity index (χ4n) is 1.59. The standard InChI is InChI=1S/C14H18F3NO3/c1-20-12-5-2-11(3-6-12)4-7-13(19)18-8-9-21-10-14(15,16)17/h2-3,5-6H,4,7-10H2,1H3,(H,18,19). The van der Waals surface area contributed by atoms with E-state index in [1.165, 1.54) is 0 Å². The fraction of sp³-hybridized carbons (Fsp3) is 0.500. The van der Waals surface area contributed by atoms with Crippen molar-refractivity contribution in [3.05, 3.63) is 29.8 Å². The monoisotopic (exact) mass is 305 g/mol. The van der Waals surface area contributed by atoms with Crippen LogP contribution in [0, 0.1) is 0 Å². The number of hydrogen-bond donors (Lipinski definition) is 1. The van der Waals surface area contributed by atoms with Crippen molar-refractivity contribution in [2.45, 2.75) is 19.0 Å². The predicted molar refractivity (Wildman–Crippen MR) is 71.2 cm³/mol. The van der Waals surface area contributed by atoms with Crippen molar-refractivity contribution in [2.75, 3.05) is 26.9 Å². The molecule has 0 aromatic heterocycles. The number of aryl methyl sites for hydroxylation is 1. The molecule has 1 rings (SSSR count). The zero-order valence-corrected chi connectivity index (χ0v) is 11.7. The Labute approximate surface area is 121 Å². The highest BCUT2D eigenvalue weighted by Crippen LogP contribution is 2.14. The molecule has 0 radical (unpaired) electrons. The zero-order chi connectivity index (χ0) is 15.7. The lowest BCUT2D eigenvalue weighted by Crippen LogP contribution is -2.29. The van der Waals surface area contributed by atoms with E-state index in [1.807, 2.05) is 12.1 Å². The third kappa shape index (κ3) is 8.19. The van der Waals surface area contributed by atoms with E-state index in [0.717, 1.165) is 11.3 Å². The van der Waals surface area contributed by atoms with Crippen LogP contribution in [-0.4, -0.2) is 39.0 Å². The summed E-state index contributed by atoms with van der Waals surface area (Å²) in [6.45, 7) is -1.39. The van der Waals surface area contributed by atoms with E-state index in [-0.39, 0.29) is 25.5 Å². The third-order valence-electron chi connectivity index (χ3n) is 2.63. The van der Waals surface area contributed by atoms with Crippen LogP contribution in [0.3, 0.4) is 0 Å². The molecule has 0 atom stereocenters. The predicted octanol–water partition coefficient (Wildman–Crippen LogP) is 2.32. The molecular weight excluding hydrogens is 287 g/mol. The fourth-order valence-corrected chi connectivity index (χ4v) is 1.59. The van der Waals surface area contributed by atoms with Crippen molar-refractivity contribution < 1.29 is 27.4 Å². The molecule has 0 heterocycles. The van der Waals surface area contributed by atoms with Gasteiger partial charge in [-0.1, -0.05) is 12.1 Å². The van der Waals surface area contributed by atoms with Crippen LogP contribution < -0.4 is 10.1 Å². The van der Waals surface area contributed by atoms with Crippen molar-refractivity contribution >= 4 is 5.91 Å². The second-order valence-corrected chi connectivity index (χ2v) is 4.37. The topological polar surface area (TPSA) is 47.6 Å². The molecule has 0 unspecified atom stereocenters. The van der Waals surface area contributed by atoms with Crippen LogP contribution in [-0.2, 0) is 16.0 Å². The second-order valence-electron chi connectivity index (χ2n) is 4.37. The van der Waals surface area contributed by atoms with Crippen molar-refractivity contribution in [3.63, 3.8) is 0 Å². The number of alkyl halides is 3. The number of carbonyl (C=O) groups is 1. The molecule has 1 aromatic carbocycles. The highest BCUT2D eigenvalue weighted by Gasteiger charge is 2.27. The SMILES string of the molecule is COc1ccc(CCC(=O)NCCOCC(F)(F)F)cc1. The molecule has 4 nitrogen and oxygen atoms in total. The van der Waals surface area contributed by atoms with Crippen LogP contribution in [0.5, 0.6) is 5.75 Å². The molecule has 7 heteroatoms. The van der Waals surface area contributed by atoms with Gasteiger partial charge < -0.3 is 14.8 Å². The number of rotatable bonds is 8. The average molecular weight is 305 g/mol. The Bertz CT molecular complexity index is 432. The average Bonchev–Trinajstić information content (AvgIpc) is 2.44. The van der Waals surface area contributed by atoms with Crippen molar-refractivity contribution in [2.24, 2.45) is 0 Å². The van der Waals surface area contributed by atoms with Gasteiger partial charge in [-0.2, -0.15) is 13.2 Å². The van der Waals surface area contributed by atoms with Crippen LogP contribution in [0.25, 0.3) is 0 Å². The molecule has 0 aliphatic rings. The lowest BCUT2D eigenvalue weighted by atomic mass is 10.1. The molecule has 1 amide bonds. The Morgan fingerprint density at radius 3 is 2.48 bits per heavy atom. The van der Waals surface area contributed by atoms with E-state index in [0.29, 0.717) is 6.42 Å². The van der Waals surface area contributed by atoms with Gasteiger partial charge in [-0.25, -0.2) is 0 Å². The van der Waals surface area contributed by atoms with Gasteiger partial charge in [0.2, 0.25) is 5.91 Å². The number of ether oxygens (including phenoxy) is 2. The second kappa shape index (κ2) is 8.51. The maximum Gasteiger partial charge on any atom is 0.411 e. The maximum absolute atomic E-state index is 11.8. The summed E-state index contributed by atoms with van der Waals surface area (Å²) >= 11 is 0. The summed E-state index contributed by atoms with van der Waals surface area (Å²) in [7, 11) is 1.57. The Morgan fingerprint density at radius 1 is 1.24 bits per heavy atom. The summed E-state index contributed by atoms with van der Waals surface area (Å²) in [5.74, 6) is 0.520. The lowest BCUT2D eigenvalue weighted by molar-refractivity contribution is -0.173. The summed E-state index contributed by atoms with van der Waals surface area (Å²) < 4.78 is 44.8. The largest absolute Gasteiger partial charge is 0.497 e. The highest BCUT2D eigenvalue weighted by atomic mass is 19.4. The van der Waals surface area contributed by atoms with Gasteiger partial charge in [0.25, 0.3) is 0 Å². The minimum Gasteiger partial charge on any atom is -0.497 e. The molecule has 1 N–H and O–H groups in total.